The van der Waals surface area contributed by atoms with Crippen LogP contribution in [-0.4, -0.2) is 54.2 Å². The summed E-state index contributed by atoms with van der Waals surface area (Å²) in [6.45, 7) is 3.41. The fraction of sp³-hybridized carbons (Fsp3) is 0.818. The number of hydrogen-bond donors (Lipinski definition) is 2. The van der Waals surface area contributed by atoms with Crippen LogP contribution in [0, 0.1) is 5.92 Å². The standard InChI is InChI=1S/C9H16N2O.C2HF3O2/c12-9-7-10-4-6-11(9)5-3-8-1-2-8;3-2(4,5)1(6)7/h8,10H,1-7H2;(H,6,7). The highest BCUT2D eigenvalue weighted by Crippen LogP contribution is 2.32. The molecule has 2 N–H and O–H groups in total. The molecule has 0 atom stereocenters. The van der Waals surface area contributed by atoms with Crippen LogP contribution in [0.3, 0.4) is 0 Å². The smallest absolute Gasteiger partial charge is 0.475 e. The molecular formula is C11H17F3N2O3. The van der Waals surface area contributed by atoms with Crippen LogP contribution in [0.4, 0.5) is 13.2 Å². The van der Waals surface area contributed by atoms with Crippen molar-refractivity contribution < 1.29 is 27.9 Å². The number of alkyl halides is 3. The number of carboxylic acid groups (broad SMARTS) is 1. The van der Waals surface area contributed by atoms with E-state index in [1.54, 1.807) is 0 Å². The Morgan fingerprint density at radius 2 is 2.00 bits per heavy atom. The van der Waals surface area contributed by atoms with Gasteiger partial charge in [-0.15, -0.1) is 0 Å². The monoisotopic (exact) mass is 282 g/mol. The van der Waals surface area contributed by atoms with Crippen molar-refractivity contribution in [3.05, 3.63) is 0 Å². The van der Waals surface area contributed by atoms with Gasteiger partial charge in [-0.1, -0.05) is 12.8 Å². The van der Waals surface area contributed by atoms with E-state index in [4.69, 9.17) is 9.90 Å². The van der Waals surface area contributed by atoms with E-state index < -0.39 is 12.1 Å². The molecule has 5 nitrogen and oxygen atoms in total. The number of carboxylic acids is 1. The number of carbonyl (C=O) groups is 2. The van der Waals surface area contributed by atoms with Gasteiger partial charge in [-0.3, -0.25) is 4.79 Å². The van der Waals surface area contributed by atoms with Crippen molar-refractivity contribution in [1.82, 2.24) is 10.2 Å². The van der Waals surface area contributed by atoms with Crippen LogP contribution in [0.15, 0.2) is 0 Å². The maximum Gasteiger partial charge on any atom is 0.490 e. The number of carbonyl (C=O) groups excluding carboxylic acids is 1. The molecule has 2 fully saturated rings. The summed E-state index contributed by atoms with van der Waals surface area (Å²) in [4.78, 5) is 22.2. The molecule has 0 unspecified atom stereocenters. The van der Waals surface area contributed by atoms with Crippen molar-refractivity contribution in [1.29, 1.82) is 0 Å². The Labute approximate surface area is 108 Å². The van der Waals surface area contributed by atoms with Crippen LogP contribution in [-0.2, 0) is 9.59 Å². The van der Waals surface area contributed by atoms with Crippen molar-refractivity contribution >= 4 is 11.9 Å². The SMILES string of the molecule is O=C(O)C(F)(F)F.O=C1CNCCN1CCC1CC1. The second kappa shape index (κ2) is 6.74. The lowest BCUT2D eigenvalue weighted by Gasteiger charge is -2.27. The van der Waals surface area contributed by atoms with Crippen LogP contribution >= 0.6 is 0 Å². The van der Waals surface area contributed by atoms with Gasteiger partial charge in [-0.25, -0.2) is 4.79 Å². The maximum absolute atomic E-state index is 11.3. The van der Waals surface area contributed by atoms with E-state index in [-0.39, 0.29) is 5.91 Å². The number of amides is 1. The molecule has 0 aromatic heterocycles. The Morgan fingerprint density at radius 3 is 2.42 bits per heavy atom. The molecule has 1 aliphatic heterocycles. The highest BCUT2D eigenvalue weighted by molar-refractivity contribution is 5.78. The van der Waals surface area contributed by atoms with Crippen molar-refractivity contribution in [3.63, 3.8) is 0 Å². The molecule has 1 saturated carbocycles. The molecule has 1 aliphatic carbocycles. The van der Waals surface area contributed by atoms with Crippen LogP contribution in [0.25, 0.3) is 0 Å². The lowest BCUT2D eigenvalue weighted by Crippen LogP contribution is -2.48. The molecule has 8 heteroatoms. The fourth-order valence-corrected chi connectivity index (χ4v) is 1.63. The zero-order valence-corrected chi connectivity index (χ0v) is 10.4. The van der Waals surface area contributed by atoms with E-state index in [9.17, 15) is 18.0 Å². The normalized spacial score (nSPS) is 19.7. The molecule has 19 heavy (non-hydrogen) atoms. The van der Waals surface area contributed by atoms with Crippen LogP contribution in [0.2, 0.25) is 0 Å². The molecular weight excluding hydrogens is 265 g/mol. The van der Waals surface area contributed by atoms with Gasteiger partial charge < -0.3 is 15.3 Å². The summed E-state index contributed by atoms with van der Waals surface area (Å²) in [6.07, 6.45) is -1.08. The third-order valence-corrected chi connectivity index (χ3v) is 2.93. The highest BCUT2D eigenvalue weighted by atomic mass is 19.4. The van der Waals surface area contributed by atoms with Crippen molar-refractivity contribution in [2.24, 2.45) is 5.92 Å². The summed E-state index contributed by atoms with van der Waals surface area (Å²) >= 11 is 0. The molecule has 110 valence electrons. The molecule has 0 aromatic rings. The van der Waals surface area contributed by atoms with Gasteiger partial charge in [0.15, 0.2) is 0 Å². The number of rotatable bonds is 3. The Kier molecular flexibility index (Phi) is 5.59. The molecule has 1 amide bonds. The third-order valence-electron chi connectivity index (χ3n) is 2.93. The van der Waals surface area contributed by atoms with Crippen molar-refractivity contribution in [2.75, 3.05) is 26.2 Å². The molecule has 0 radical (unpaired) electrons. The molecule has 0 spiro atoms. The molecule has 0 bridgehead atoms. The number of nitrogens with one attached hydrogen (secondary N) is 1. The summed E-state index contributed by atoms with van der Waals surface area (Å²) in [5, 5.41) is 10.2. The zero-order chi connectivity index (χ0) is 14.5. The second-order valence-electron chi connectivity index (χ2n) is 4.59. The minimum Gasteiger partial charge on any atom is -0.475 e. The van der Waals surface area contributed by atoms with E-state index in [1.165, 1.54) is 19.3 Å². The van der Waals surface area contributed by atoms with Gasteiger partial charge in [-0.2, -0.15) is 13.2 Å². The zero-order valence-electron chi connectivity index (χ0n) is 10.4. The Bertz CT molecular complexity index is 330. The number of nitrogens with zero attached hydrogens (tertiary/aromatic N) is 1. The quantitative estimate of drug-likeness (QED) is 0.805. The summed E-state index contributed by atoms with van der Waals surface area (Å²) in [6, 6.07) is 0. The number of halogens is 3. The number of aliphatic carboxylic acids is 1. The highest BCUT2D eigenvalue weighted by Gasteiger charge is 2.38. The minimum absolute atomic E-state index is 0.280. The number of piperazine rings is 1. The van der Waals surface area contributed by atoms with Gasteiger partial charge in [-0.05, 0) is 12.3 Å². The minimum atomic E-state index is -5.08. The van der Waals surface area contributed by atoms with Crippen LogP contribution < -0.4 is 5.32 Å². The largest absolute Gasteiger partial charge is 0.490 e. The van der Waals surface area contributed by atoms with Crippen molar-refractivity contribution in [2.45, 2.75) is 25.4 Å². The maximum atomic E-state index is 11.3. The first-order chi connectivity index (χ1) is 8.80. The first-order valence-electron chi connectivity index (χ1n) is 6.09. The summed E-state index contributed by atoms with van der Waals surface area (Å²) in [7, 11) is 0. The predicted molar refractivity (Wildman–Crippen MR) is 60.5 cm³/mol. The second-order valence-corrected chi connectivity index (χ2v) is 4.59. The summed E-state index contributed by atoms with van der Waals surface area (Å²) < 4.78 is 31.7. The Balaban J connectivity index is 0.000000224. The lowest BCUT2D eigenvalue weighted by molar-refractivity contribution is -0.192. The predicted octanol–water partition coefficient (Wildman–Crippen LogP) is 0.852. The molecule has 1 heterocycles. The number of hydrogen-bond acceptors (Lipinski definition) is 3. The van der Waals surface area contributed by atoms with Gasteiger partial charge in [0.25, 0.3) is 0 Å². The van der Waals surface area contributed by atoms with Gasteiger partial charge >= 0.3 is 12.1 Å². The summed E-state index contributed by atoms with van der Waals surface area (Å²) in [5.74, 6) is -1.54. The first kappa shape index (κ1) is 15.7. The van der Waals surface area contributed by atoms with Crippen LogP contribution in [0.1, 0.15) is 19.3 Å². The molecule has 1 saturated heterocycles. The van der Waals surface area contributed by atoms with Gasteiger partial charge in [0.05, 0.1) is 6.54 Å². The Hall–Kier alpha value is -1.31. The Morgan fingerprint density at radius 1 is 1.42 bits per heavy atom. The van der Waals surface area contributed by atoms with E-state index in [1.807, 2.05) is 4.90 Å². The van der Waals surface area contributed by atoms with E-state index in [2.05, 4.69) is 5.32 Å². The van der Waals surface area contributed by atoms with E-state index in [0.29, 0.717) is 6.54 Å². The lowest BCUT2D eigenvalue weighted by atomic mass is 10.2. The van der Waals surface area contributed by atoms with Gasteiger partial charge in [0, 0.05) is 19.6 Å². The first-order valence-corrected chi connectivity index (χ1v) is 6.09. The van der Waals surface area contributed by atoms with Crippen molar-refractivity contribution in [3.8, 4) is 0 Å². The van der Waals surface area contributed by atoms with E-state index in [0.717, 1.165) is 25.6 Å². The third kappa shape index (κ3) is 6.42. The van der Waals surface area contributed by atoms with Crippen LogP contribution in [0.5, 0.6) is 0 Å². The average Bonchev–Trinajstić information content (AvgIpc) is 3.11. The molecule has 2 aliphatic rings. The van der Waals surface area contributed by atoms with Gasteiger partial charge in [0.1, 0.15) is 0 Å². The average molecular weight is 282 g/mol. The molecule has 0 aromatic carbocycles. The topological polar surface area (TPSA) is 69.6 Å². The van der Waals surface area contributed by atoms with E-state index >= 15 is 0 Å². The fourth-order valence-electron chi connectivity index (χ4n) is 1.63. The molecule has 2 rings (SSSR count). The van der Waals surface area contributed by atoms with Gasteiger partial charge in [0.2, 0.25) is 5.91 Å². The summed E-state index contributed by atoms with van der Waals surface area (Å²) in [5.41, 5.74) is 0.